The number of nitrogens with zero attached hydrogens (tertiary/aromatic N) is 1. The van der Waals surface area contributed by atoms with Gasteiger partial charge in [-0.3, -0.25) is 39.4 Å². The van der Waals surface area contributed by atoms with E-state index in [0.717, 1.165) is 83.4 Å². The Morgan fingerprint density at radius 1 is 0.440 bits per heavy atom. The fourth-order valence-corrected chi connectivity index (χ4v) is 9.49. The Kier molecular flexibility index (Phi) is 29.2. The summed E-state index contributed by atoms with van der Waals surface area (Å²) in [5, 5.41) is 5.75. The Bertz CT molecular complexity index is 4520. The van der Waals surface area contributed by atoms with Crippen molar-refractivity contribution in [1.29, 1.82) is 0 Å². The van der Waals surface area contributed by atoms with Crippen molar-refractivity contribution in [3.05, 3.63) is 305 Å². The van der Waals surface area contributed by atoms with Crippen LogP contribution in [0.1, 0.15) is 103 Å². The summed E-state index contributed by atoms with van der Waals surface area (Å²) in [7, 11) is 0. The van der Waals surface area contributed by atoms with Crippen LogP contribution in [-0.2, 0) is 34.9 Å². The van der Waals surface area contributed by atoms with Gasteiger partial charge in [-0.25, -0.2) is 30.7 Å². The lowest BCUT2D eigenvalue weighted by Gasteiger charge is -2.32. The van der Waals surface area contributed by atoms with Crippen molar-refractivity contribution in [1.82, 2.24) is 15.5 Å². The second kappa shape index (κ2) is 36.4. The average molecular weight is 1440 g/mol. The van der Waals surface area contributed by atoms with Crippen molar-refractivity contribution in [3.8, 4) is 0 Å². The molecule has 0 heterocycles. The predicted molar refractivity (Wildman–Crippen MR) is 374 cm³/mol. The molecule has 0 atom stereocenters. The number of primary amides is 1. The zero-order valence-corrected chi connectivity index (χ0v) is 57.1. The first-order chi connectivity index (χ1) is 46.8. The van der Waals surface area contributed by atoms with Crippen LogP contribution in [0.3, 0.4) is 0 Å². The van der Waals surface area contributed by atoms with Crippen LogP contribution in [0.15, 0.2) is 188 Å². The number of aryl methyl sites for hydroxylation is 2. The van der Waals surface area contributed by atoms with Gasteiger partial charge in [-0.1, -0.05) is 109 Å². The third-order valence-corrected chi connectivity index (χ3v) is 15.2. The molecule has 0 aliphatic heterocycles. The van der Waals surface area contributed by atoms with E-state index in [9.17, 15) is 72.7 Å². The maximum absolute atomic E-state index is 14.5. The fourth-order valence-electron chi connectivity index (χ4n) is 8.99. The van der Waals surface area contributed by atoms with Gasteiger partial charge in [-0.15, -0.1) is 0 Å². The number of imide groups is 2. The summed E-state index contributed by atoms with van der Waals surface area (Å²) in [6.45, 7) is 20.9. The van der Waals surface area contributed by atoms with E-state index >= 15 is 0 Å². The van der Waals surface area contributed by atoms with Crippen molar-refractivity contribution in [2.75, 3.05) is 0 Å². The summed E-state index contributed by atoms with van der Waals surface area (Å²) >= 11 is 18.1. The molecule has 0 spiro atoms. The Hall–Kier alpha value is -10.4. The number of amides is 6. The van der Waals surface area contributed by atoms with E-state index in [1.54, 1.807) is 65.6 Å². The predicted octanol–water partition coefficient (Wildman–Crippen LogP) is 19.0. The van der Waals surface area contributed by atoms with Crippen molar-refractivity contribution >= 4 is 117 Å². The molecule has 0 fully saturated rings. The van der Waals surface area contributed by atoms with Gasteiger partial charge in [0.15, 0.2) is 0 Å². The van der Waals surface area contributed by atoms with Gasteiger partial charge in [0, 0.05) is 78.8 Å². The number of carbonyl (C=O) groups excluding carboxylic acids is 6. The van der Waals surface area contributed by atoms with Crippen LogP contribution in [0.4, 0.5) is 43.9 Å². The fraction of sp³-hybridized carbons (Fsp3) is 0.143. The largest absolute Gasteiger partial charge is 0.416 e. The third kappa shape index (κ3) is 23.7. The van der Waals surface area contributed by atoms with E-state index in [1.165, 1.54) is 50.3 Å². The Balaban J connectivity index is 0.000000242. The van der Waals surface area contributed by atoms with Crippen LogP contribution in [-0.4, -0.2) is 52.4 Å². The molecule has 8 rings (SSSR count). The number of nitrogens with one attached hydrogen (secondary N) is 2. The summed E-state index contributed by atoms with van der Waals surface area (Å²) in [5.41, 5.74) is 8.60. The van der Waals surface area contributed by atoms with Gasteiger partial charge in [-0.05, 0) is 204 Å². The second-order valence-electron chi connectivity index (χ2n) is 22.7. The van der Waals surface area contributed by atoms with E-state index in [2.05, 4.69) is 18.5 Å². The monoisotopic (exact) mass is 1440 g/mol. The first-order valence-corrected chi connectivity index (χ1v) is 31.1. The van der Waals surface area contributed by atoms with Crippen LogP contribution in [0.5, 0.6) is 0 Å². The highest BCUT2D eigenvalue weighted by molar-refractivity contribution is 6.33. The summed E-state index contributed by atoms with van der Waals surface area (Å²) in [6, 6.07) is 35.1. The topological polar surface area (TPSA) is 156 Å². The van der Waals surface area contributed by atoms with Crippen molar-refractivity contribution in [2.24, 2.45) is 5.73 Å². The zero-order valence-electron chi connectivity index (χ0n) is 54.9. The molecule has 8 aromatic carbocycles. The van der Waals surface area contributed by atoms with E-state index in [4.69, 9.17) is 40.5 Å². The van der Waals surface area contributed by atoms with Gasteiger partial charge >= 0.3 is 6.18 Å². The van der Waals surface area contributed by atoms with Crippen LogP contribution in [0.25, 0.3) is 46.6 Å². The Morgan fingerprint density at radius 3 is 1.11 bits per heavy atom. The van der Waals surface area contributed by atoms with Crippen LogP contribution in [0.2, 0.25) is 15.1 Å². The number of hydrogen-bond donors (Lipinski definition) is 3. The molecule has 0 aromatic heterocycles. The van der Waals surface area contributed by atoms with Crippen molar-refractivity contribution in [3.63, 3.8) is 0 Å². The maximum atomic E-state index is 14.5. The Morgan fingerprint density at radius 2 is 0.770 bits per heavy atom. The molecule has 10 nitrogen and oxygen atoms in total. The molecule has 0 aliphatic rings. The highest BCUT2D eigenvalue weighted by Crippen LogP contribution is 2.32. The number of nitrogens with two attached hydrogens (primary N) is 1. The lowest BCUT2D eigenvalue weighted by atomic mass is 9.99. The van der Waals surface area contributed by atoms with Crippen LogP contribution in [0, 0.1) is 54.6 Å². The van der Waals surface area contributed by atoms with E-state index < -0.39 is 76.2 Å². The number of alkyl halides is 3. The summed E-state index contributed by atoms with van der Waals surface area (Å²) in [5.74, 6) is -9.72. The minimum Gasteiger partial charge on any atom is -0.366 e. The smallest absolute Gasteiger partial charge is 0.366 e. The summed E-state index contributed by atoms with van der Waals surface area (Å²) in [6.07, 6.45) is 1.17. The van der Waals surface area contributed by atoms with Gasteiger partial charge in [-0.2, -0.15) is 13.2 Å². The number of halogens is 13. The van der Waals surface area contributed by atoms with E-state index in [-0.39, 0.29) is 73.9 Å². The van der Waals surface area contributed by atoms with E-state index in [1.807, 2.05) is 59.0 Å². The quantitative estimate of drug-likeness (QED) is 0.0497. The first-order valence-electron chi connectivity index (χ1n) is 29.9. The molecule has 0 saturated carbocycles. The first kappa shape index (κ1) is 80.3. The van der Waals surface area contributed by atoms with Gasteiger partial charge < -0.3 is 10.6 Å². The molecule has 520 valence electrons. The highest BCUT2D eigenvalue weighted by Gasteiger charge is 2.31. The van der Waals surface area contributed by atoms with E-state index in [0.29, 0.717) is 49.5 Å². The molecule has 0 saturated heterocycles. The molecule has 0 aliphatic carbocycles. The van der Waals surface area contributed by atoms with Crippen molar-refractivity contribution in [2.45, 2.75) is 73.6 Å². The highest BCUT2D eigenvalue weighted by atomic mass is 35.5. The standard InChI is InChI=1S/C22H24ClF2NO.C20H16ClF2NO2.C20H14F5NO2.C15H11ClFNO/c1-13(2)26(14(3)4)22(27)19(18-9-8-17(24)12-21(18)25)10-16-7-6-15(5)20(23)11-16;1-11(2)19(25)24-20(26)16(15-7-6-14(22)10-18(15)23)8-13-5-4-12(3)17(21)9-13;1-11(2)18(27)26-19(28)16(15-8-7-14(21)10-17(15)22)9-12-3-5-13(6-4-12)20(23,24)25;16-12-5-1-10(2-6-12)9-14(15(18)19)11-3-7-13(17)8-4-11/h6-14H,1-5H3;4-10H,1H2,2-3H3,(H,24,25,26);3-10H,1H2,2H3,(H,26,27,28);1-9H,(H2,18,19)/b19-10+;16-8+;16-9-;14-9+. The zero-order chi connectivity index (χ0) is 74.6. The Labute approximate surface area is 586 Å². The molecule has 0 radical (unpaired) electrons. The SMILES string of the molecule is C=C(C)C(=O)NC(=O)/C(=C/c1ccc(C)c(Cl)c1)c1ccc(F)cc1F.C=C(C)C(=O)NC(=O)/C(=C\c1ccc(C(F)(F)F)cc1)c1ccc(F)cc1F.Cc1ccc(/C=C(/C(=O)N(C(C)C)C(C)C)c2ccc(F)cc2F)cc1Cl.NC(=O)/C(=C/c1ccc(Cl)cc1)c1ccc(F)cc1. The number of hydrogen-bond acceptors (Lipinski definition) is 6. The number of rotatable bonds is 16. The second-order valence-corrected chi connectivity index (χ2v) is 23.9. The lowest BCUT2D eigenvalue weighted by Crippen LogP contribution is -2.42. The summed E-state index contributed by atoms with van der Waals surface area (Å²) in [4.78, 5) is 74.9. The average Bonchev–Trinajstić information content (AvgIpc) is 0.821. The lowest BCUT2D eigenvalue weighted by molar-refractivity contribution is -0.137. The maximum Gasteiger partial charge on any atom is 0.416 e. The van der Waals surface area contributed by atoms with Gasteiger partial charge in [0.25, 0.3) is 29.5 Å². The number of benzene rings is 8. The minimum atomic E-state index is -4.54. The van der Waals surface area contributed by atoms with Gasteiger partial charge in [0.2, 0.25) is 5.91 Å². The molecule has 6 amide bonds. The molecule has 4 N–H and O–H groups in total. The molecule has 0 unspecified atom stereocenters. The molecule has 8 aromatic rings. The molecular formula is C77H65Cl3F10N4O6. The third-order valence-electron chi connectivity index (χ3n) is 14.1. The normalized spacial score (nSPS) is 11.6. The molecular weight excluding hydrogens is 1370 g/mol. The molecule has 100 heavy (non-hydrogen) atoms. The summed E-state index contributed by atoms with van der Waals surface area (Å²) < 4.78 is 134. The van der Waals surface area contributed by atoms with Crippen LogP contribution < -0.4 is 16.4 Å². The minimum absolute atomic E-state index is 0.0156. The molecule has 23 heteroatoms. The van der Waals surface area contributed by atoms with Gasteiger partial charge in [0.05, 0.1) is 22.3 Å². The van der Waals surface area contributed by atoms with Crippen LogP contribution >= 0.6 is 34.8 Å². The number of carbonyl (C=O) groups is 6. The van der Waals surface area contributed by atoms with Crippen molar-refractivity contribution < 1.29 is 72.7 Å². The van der Waals surface area contributed by atoms with Gasteiger partial charge in [0.1, 0.15) is 40.7 Å². The molecule has 0 bridgehead atoms.